The fourth-order valence-corrected chi connectivity index (χ4v) is 2.60. The van der Waals surface area contributed by atoms with E-state index in [0.29, 0.717) is 0 Å². The van der Waals surface area contributed by atoms with Gasteiger partial charge in [0.25, 0.3) is 0 Å². The van der Waals surface area contributed by atoms with Gasteiger partial charge in [-0.2, -0.15) is 0 Å². The Morgan fingerprint density at radius 2 is 1.73 bits per heavy atom. The first kappa shape index (κ1) is 10.9. The predicted molar refractivity (Wildman–Crippen MR) is 69.3 cm³/mol. The highest BCUT2D eigenvalue weighted by atomic mass is 35.5. The van der Waals surface area contributed by atoms with Gasteiger partial charge in [-0.3, -0.25) is 0 Å². The fraction of sp³-hybridized carbons (Fsp3) is 0. The topological polar surface area (TPSA) is 0 Å². The number of hydrogen-bond donors (Lipinski definition) is 1. The van der Waals surface area contributed by atoms with Crippen molar-refractivity contribution in [1.29, 1.82) is 0 Å². The van der Waals surface area contributed by atoms with Gasteiger partial charge < -0.3 is 0 Å². The van der Waals surface area contributed by atoms with E-state index in [1.807, 2.05) is 36.4 Å². The molecule has 0 amide bonds. The van der Waals surface area contributed by atoms with E-state index in [1.54, 1.807) is 11.8 Å². The summed E-state index contributed by atoms with van der Waals surface area (Å²) in [6, 6.07) is 15.9. The third kappa shape index (κ3) is 2.94. The standard InChI is InChI=1S/C12H9ClS2/c13-9-6-7-11(14)12(8-9)15-10-4-2-1-3-5-10/h1-8,14H. The molecule has 0 atom stereocenters. The molecule has 0 unspecified atom stereocenters. The lowest BCUT2D eigenvalue weighted by atomic mass is 10.4. The summed E-state index contributed by atoms with van der Waals surface area (Å²) >= 11 is 12.0. The minimum atomic E-state index is 0.742. The third-order valence-electron chi connectivity index (χ3n) is 1.89. The monoisotopic (exact) mass is 252 g/mol. The molecule has 2 aromatic rings. The van der Waals surface area contributed by atoms with E-state index in [9.17, 15) is 0 Å². The van der Waals surface area contributed by atoms with Crippen LogP contribution in [0.1, 0.15) is 0 Å². The second-order valence-corrected chi connectivity index (χ2v) is 5.06. The van der Waals surface area contributed by atoms with E-state index in [2.05, 4.69) is 24.8 Å². The molecule has 0 saturated heterocycles. The zero-order chi connectivity index (χ0) is 10.7. The maximum Gasteiger partial charge on any atom is 0.0418 e. The van der Waals surface area contributed by atoms with Crippen molar-refractivity contribution in [3.8, 4) is 0 Å². The number of rotatable bonds is 2. The molecule has 0 nitrogen and oxygen atoms in total. The highest BCUT2D eigenvalue weighted by Gasteiger charge is 2.02. The van der Waals surface area contributed by atoms with Crippen molar-refractivity contribution < 1.29 is 0 Å². The molecule has 3 heteroatoms. The summed E-state index contributed by atoms with van der Waals surface area (Å²) in [5.41, 5.74) is 0. The molecule has 15 heavy (non-hydrogen) atoms. The molecule has 2 aromatic carbocycles. The van der Waals surface area contributed by atoms with Crippen molar-refractivity contribution in [2.24, 2.45) is 0 Å². The van der Waals surface area contributed by atoms with Gasteiger partial charge in [-0.15, -0.1) is 12.6 Å². The van der Waals surface area contributed by atoms with Crippen LogP contribution in [-0.4, -0.2) is 0 Å². The summed E-state index contributed by atoms with van der Waals surface area (Å²) in [6.45, 7) is 0. The van der Waals surface area contributed by atoms with Crippen molar-refractivity contribution in [3.05, 3.63) is 53.6 Å². The minimum absolute atomic E-state index is 0.742. The van der Waals surface area contributed by atoms with E-state index in [1.165, 1.54) is 4.90 Å². The molecule has 2 rings (SSSR count). The maximum atomic E-state index is 5.94. The summed E-state index contributed by atoms with van der Waals surface area (Å²) < 4.78 is 0. The van der Waals surface area contributed by atoms with Crippen LogP contribution in [0.3, 0.4) is 0 Å². The van der Waals surface area contributed by atoms with Gasteiger partial charge in [0, 0.05) is 19.7 Å². The van der Waals surface area contributed by atoms with Crippen LogP contribution in [0, 0.1) is 0 Å². The Labute approximate surface area is 104 Å². The number of halogens is 1. The van der Waals surface area contributed by atoms with Gasteiger partial charge in [0.15, 0.2) is 0 Å². The highest BCUT2D eigenvalue weighted by molar-refractivity contribution is 7.99. The zero-order valence-corrected chi connectivity index (χ0v) is 10.3. The second-order valence-electron chi connectivity index (χ2n) is 3.03. The molecule has 0 fully saturated rings. The molecule has 0 N–H and O–H groups in total. The first-order valence-electron chi connectivity index (χ1n) is 4.47. The lowest BCUT2D eigenvalue weighted by molar-refractivity contribution is 1.25. The van der Waals surface area contributed by atoms with Crippen LogP contribution in [0.4, 0.5) is 0 Å². The van der Waals surface area contributed by atoms with E-state index in [-0.39, 0.29) is 0 Å². The normalized spacial score (nSPS) is 10.3. The summed E-state index contributed by atoms with van der Waals surface area (Å²) in [6.07, 6.45) is 0. The van der Waals surface area contributed by atoms with Gasteiger partial charge in [-0.05, 0) is 30.3 Å². The Morgan fingerprint density at radius 3 is 2.47 bits per heavy atom. The number of benzene rings is 2. The Bertz CT molecular complexity index is 454. The molecule has 0 aliphatic carbocycles. The SMILES string of the molecule is Sc1ccc(Cl)cc1Sc1ccccc1. The number of hydrogen-bond acceptors (Lipinski definition) is 2. The average molecular weight is 253 g/mol. The van der Waals surface area contributed by atoms with Crippen LogP contribution in [0.15, 0.2) is 63.2 Å². The molecule has 0 saturated carbocycles. The Morgan fingerprint density at radius 1 is 1.00 bits per heavy atom. The first-order valence-corrected chi connectivity index (χ1v) is 6.11. The molecule has 0 radical (unpaired) electrons. The lowest BCUT2D eigenvalue weighted by Gasteiger charge is -2.04. The van der Waals surface area contributed by atoms with Gasteiger partial charge in [-0.25, -0.2) is 0 Å². The maximum absolute atomic E-state index is 5.94. The van der Waals surface area contributed by atoms with Crippen molar-refractivity contribution in [2.45, 2.75) is 14.7 Å². The van der Waals surface area contributed by atoms with Crippen LogP contribution in [0.5, 0.6) is 0 Å². The van der Waals surface area contributed by atoms with E-state index < -0.39 is 0 Å². The third-order valence-corrected chi connectivity index (χ3v) is 3.73. The van der Waals surface area contributed by atoms with Crippen LogP contribution in [0.2, 0.25) is 5.02 Å². The van der Waals surface area contributed by atoms with Crippen LogP contribution in [0.25, 0.3) is 0 Å². The van der Waals surface area contributed by atoms with Crippen LogP contribution >= 0.6 is 36.0 Å². The predicted octanol–water partition coefficient (Wildman–Crippen LogP) is 4.78. The largest absolute Gasteiger partial charge is 0.142 e. The lowest BCUT2D eigenvalue weighted by Crippen LogP contribution is -1.76. The Kier molecular flexibility index (Phi) is 3.62. The van der Waals surface area contributed by atoms with E-state index in [0.717, 1.165) is 14.8 Å². The zero-order valence-electron chi connectivity index (χ0n) is 7.85. The quantitative estimate of drug-likeness (QED) is 0.751. The van der Waals surface area contributed by atoms with Crippen LogP contribution in [-0.2, 0) is 0 Å². The summed E-state index contributed by atoms with van der Waals surface area (Å²) in [5.74, 6) is 0. The molecular weight excluding hydrogens is 244 g/mol. The first-order chi connectivity index (χ1) is 7.25. The van der Waals surface area contributed by atoms with Gasteiger partial charge >= 0.3 is 0 Å². The van der Waals surface area contributed by atoms with Gasteiger partial charge in [0.1, 0.15) is 0 Å². The molecule has 0 bridgehead atoms. The highest BCUT2D eigenvalue weighted by Crippen LogP contribution is 2.33. The van der Waals surface area contributed by atoms with Crippen molar-refractivity contribution in [2.75, 3.05) is 0 Å². The molecule has 0 spiro atoms. The van der Waals surface area contributed by atoms with Crippen molar-refractivity contribution in [3.63, 3.8) is 0 Å². The fourth-order valence-electron chi connectivity index (χ4n) is 1.19. The van der Waals surface area contributed by atoms with E-state index >= 15 is 0 Å². The Hall–Kier alpha value is -0.570. The molecule has 0 aliphatic rings. The molecule has 0 aromatic heterocycles. The minimum Gasteiger partial charge on any atom is -0.142 e. The van der Waals surface area contributed by atoms with E-state index in [4.69, 9.17) is 11.6 Å². The van der Waals surface area contributed by atoms with Crippen LogP contribution < -0.4 is 0 Å². The second kappa shape index (κ2) is 4.97. The van der Waals surface area contributed by atoms with Gasteiger partial charge in [-0.1, -0.05) is 41.6 Å². The number of thiol groups is 1. The van der Waals surface area contributed by atoms with Crippen molar-refractivity contribution >= 4 is 36.0 Å². The summed E-state index contributed by atoms with van der Waals surface area (Å²) in [5, 5.41) is 0.742. The van der Waals surface area contributed by atoms with Crippen molar-refractivity contribution in [1.82, 2.24) is 0 Å². The smallest absolute Gasteiger partial charge is 0.0418 e. The average Bonchev–Trinajstić information content (AvgIpc) is 2.25. The molecule has 0 aliphatic heterocycles. The summed E-state index contributed by atoms with van der Waals surface area (Å²) in [4.78, 5) is 3.22. The molecular formula is C12H9ClS2. The molecule has 76 valence electrons. The molecule has 0 heterocycles. The summed E-state index contributed by atoms with van der Waals surface area (Å²) in [7, 11) is 0. The van der Waals surface area contributed by atoms with Gasteiger partial charge in [0.2, 0.25) is 0 Å². The van der Waals surface area contributed by atoms with Gasteiger partial charge in [0.05, 0.1) is 0 Å². The Balaban J connectivity index is 2.28.